The number of alkyl halides is 5. The van der Waals surface area contributed by atoms with Crippen LogP contribution in [0.5, 0.6) is 0 Å². The van der Waals surface area contributed by atoms with Crippen molar-refractivity contribution < 1.29 is 35.9 Å². The summed E-state index contributed by atoms with van der Waals surface area (Å²) in [5.41, 5.74) is -2.11. The fourth-order valence-electron chi connectivity index (χ4n) is 3.24. The smallest absolute Gasteiger partial charge is 0.321 e. The molecule has 0 saturated heterocycles. The van der Waals surface area contributed by atoms with E-state index in [1.165, 1.54) is 42.5 Å². The van der Waals surface area contributed by atoms with Crippen molar-refractivity contribution in [1.29, 1.82) is 0 Å². The van der Waals surface area contributed by atoms with Crippen molar-refractivity contribution in [2.45, 2.75) is 25.4 Å². The van der Waals surface area contributed by atoms with Gasteiger partial charge in [0.15, 0.2) is 0 Å². The number of Topliss-reactive ketones (excluding diaryl/α,β-unsaturated/α-hetero) is 1. The van der Waals surface area contributed by atoms with Crippen LogP contribution in [0.3, 0.4) is 0 Å². The molecule has 3 nitrogen and oxygen atoms in total. The van der Waals surface area contributed by atoms with Crippen LogP contribution in [-0.2, 0) is 23.8 Å². The first-order valence-electron chi connectivity index (χ1n) is 9.69. The molecule has 3 aromatic carbocycles. The molecule has 0 spiro atoms. The highest BCUT2D eigenvalue weighted by molar-refractivity contribution is 6.05. The lowest BCUT2D eigenvalue weighted by molar-refractivity contribution is -0.137. The van der Waals surface area contributed by atoms with E-state index in [0.29, 0.717) is 5.56 Å². The van der Waals surface area contributed by atoms with Crippen molar-refractivity contribution in [2.24, 2.45) is 0 Å². The lowest BCUT2D eigenvalue weighted by atomic mass is 9.99. The molecule has 0 saturated carbocycles. The predicted molar refractivity (Wildman–Crippen MR) is 110 cm³/mol. The zero-order valence-electron chi connectivity index (χ0n) is 16.9. The summed E-state index contributed by atoms with van der Waals surface area (Å²) in [5, 5.41) is 2.06. The van der Waals surface area contributed by atoms with Gasteiger partial charge in [0.25, 0.3) is 12.3 Å². The third kappa shape index (κ3) is 6.21. The molecule has 0 radical (unpaired) electrons. The molecule has 0 atom stereocenters. The van der Waals surface area contributed by atoms with Crippen molar-refractivity contribution in [3.63, 3.8) is 0 Å². The third-order valence-electron chi connectivity index (χ3n) is 4.76. The lowest BCUT2D eigenvalue weighted by Gasteiger charge is -2.15. The fraction of sp³-hybridized carbons (Fsp3) is 0.167. The van der Waals surface area contributed by atoms with Crippen molar-refractivity contribution >= 4 is 17.4 Å². The van der Waals surface area contributed by atoms with Gasteiger partial charge in [-0.05, 0) is 41.5 Å². The van der Waals surface area contributed by atoms with Gasteiger partial charge in [0.1, 0.15) is 11.6 Å². The maximum absolute atomic E-state index is 13.8. The molecule has 1 amide bonds. The molecule has 3 rings (SSSR count). The van der Waals surface area contributed by atoms with Crippen LogP contribution >= 0.6 is 0 Å². The number of halogens is 6. The molecule has 1 N–H and O–H groups in total. The van der Waals surface area contributed by atoms with E-state index in [4.69, 9.17) is 0 Å². The van der Waals surface area contributed by atoms with E-state index in [0.717, 1.165) is 24.3 Å². The number of amides is 1. The third-order valence-corrected chi connectivity index (χ3v) is 4.76. The normalized spacial score (nSPS) is 11.5. The average Bonchev–Trinajstić information content (AvgIpc) is 2.74. The van der Waals surface area contributed by atoms with E-state index in [-0.39, 0.29) is 24.0 Å². The molecule has 33 heavy (non-hydrogen) atoms. The molecule has 0 aliphatic carbocycles. The average molecular weight is 465 g/mol. The molecule has 9 heteroatoms. The van der Waals surface area contributed by atoms with Crippen LogP contribution in [0.25, 0.3) is 0 Å². The Morgan fingerprint density at radius 3 is 2.15 bits per heavy atom. The zero-order valence-corrected chi connectivity index (χ0v) is 16.9. The van der Waals surface area contributed by atoms with Gasteiger partial charge in [-0.2, -0.15) is 13.2 Å². The number of hydrogen-bond acceptors (Lipinski definition) is 2. The summed E-state index contributed by atoms with van der Waals surface area (Å²) in [6.45, 7) is 0. The fourth-order valence-corrected chi connectivity index (χ4v) is 3.24. The molecule has 0 fully saturated rings. The summed E-state index contributed by atoms with van der Waals surface area (Å²) in [7, 11) is 0. The van der Waals surface area contributed by atoms with Crippen molar-refractivity contribution in [2.75, 3.05) is 5.32 Å². The molecule has 0 aliphatic heterocycles. The molecule has 3 aromatic rings. The summed E-state index contributed by atoms with van der Waals surface area (Å²) in [5.74, 6) is -2.42. The van der Waals surface area contributed by atoms with Gasteiger partial charge in [-0.25, -0.2) is 13.2 Å². The first-order chi connectivity index (χ1) is 15.5. The van der Waals surface area contributed by atoms with Crippen LogP contribution in [0.4, 0.5) is 32.0 Å². The highest BCUT2D eigenvalue weighted by Crippen LogP contribution is 2.36. The highest BCUT2D eigenvalue weighted by Gasteiger charge is 2.34. The van der Waals surface area contributed by atoms with Crippen LogP contribution in [0, 0.1) is 5.82 Å². The molecule has 0 unspecified atom stereocenters. The number of hydrogen-bond donors (Lipinski definition) is 1. The van der Waals surface area contributed by atoms with Gasteiger partial charge in [0, 0.05) is 18.4 Å². The van der Waals surface area contributed by atoms with Crippen LogP contribution in [-0.4, -0.2) is 11.7 Å². The largest absolute Gasteiger partial charge is 0.418 e. The molecule has 0 heterocycles. The Kier molecular flexibility index (Phi) is 7.20. The Balaban J connectivity index is 1.79. The monoisotopic (exact) mass is 465 g/mol. The lowest BCUT2D eigenvalue weighted by Crippen LogP contribution is -2.18. The summed E-state index contributed by atoms with van der Waals surface area (Å²) < 4.78 is 80.1. The SMILES string of the molecule is O=C(Cc1cccc(C(F)F)c1)Cc1ccc(NC(=O)c2ccccc2F)c(C(F)(F)F)c1. The van der Waals surface area contributed by atoms with Gasteiger partial charge < -0.3 is 5.32 Å². The van der Waals surface area contributed by atoms with Crippen molar-refractivity contribution in [1.82, 2.24) is 0 Å². The Morgan fingerprint density at radius 1 is 0.848 bits per heavy atom. The van der Waals surface area contributed by atoms with E-state index in [9.17, 15) is 35.9 Å². The molecule has 0 bridgehead atoms. The topological polar surface area (TPSA) is 46.2 Å². The Bertz CT molecular complexity index is 1170. The number of benzene rings is 3. The first kappa shape index (κ1) is 24.0. The first-order valence-corrected chi connectivity index (χ1v) is 9.69. The summed E-state index contributed by atoms with van der Waals surface area (Å²) in [4.78, 5) is 24.6. The van der Waals surface area contributed by atoms with Gasteiger partial charge in [-0.1, -0.05) is 36.4 Å². The van der Waals surface area contributed by atoms with Crippen LogP contribution in [0.2, 0.25) is 0 Å². The number of ketones is 1. The maximum Gasteiger partial charge on any atom is 0.418 e. The molecule has 0 aliphatic rings. The summed E-state index contributed by atoms with van der Waals surface area (Å²) in [6, 6.07) is 13.0. The van der Waals surface area contributed by atoms with Crippen LogP contribution in [0.15, 0.2) is 66.7 Å². The second kappa shape index (κ2) is 9.89. The number of anilines is 1. The zero-order chi connectivity index (χ0) is 24.2. The standard InChI is InChI=1S/C24H17F6NO2/c25-20-7-2-1-6-18(20)23(33)31-21-9-8-15(13-19(21)24(28,29)30)12-17(32)11-14-4-3-5-16(10-14)22(26)27/h1-10,13,22H,11-12H2,(H,31,33). The number of carbonyl (C=O) groups is 2. The van der Waals surface area contributed by atoms with Gasteiger partial charge in [0.05, 0.1) is 16.8 Å². The molecule has 172 valence electrons. The van der Waals surface area contributed by atoms with E-state index in [2.05, 4.69) is 5.32 Å². The van der Waals surface area contributed by atoms with Gasteiger partial charge in [-0.3, -0.25) is 9.59 Å². The number of nitrogens with one attached hydrogen (secondary N) is 1. The maximum atomic E-state index is 13.8. The molecular weight excluding hydrogens is 448 g/mol. The second-order valence-electron chi connectivity index (χ2n) is 7.25. The van der Waals surface area contributed by atoms with Crippen molar-refractivity contribution in [3.8, 4) is 0 Å². The minimum Gasteiger partial charge on any atom is -0.321 e. The van der Waals surface area contributed by atoms with Crippen LogP contribution in [0.1, 0.15) is 39.0 Å². The predicted octanol–water partition coefficient (Wildman–Crippen LogP) is 6.39. The van der Waals surface area contributed by atoms with Crippen molar-refractivity contribution in [3.05, 3.63) is 100 Å². The van der Waals surface area contributed by atoms with Gasteiger partial charge >= 0.3 is 6.18 Å². The highest BCUT2D eigenvalue weighted by atomic mass is 19.4. The minimum absolute atomic E-state index is 0.0289. The van der Waals surface area contributed by atoms with Crippen LogP contribution < -0.4 is 5.32 Å². The quantitative estimate of drug-likeness (QED) is 0.411. The second-order valence-corrected chi connectivity index (χ2v) is 7.25. The van der Waals surface area contributed by atoms with E-state index in [1.807, 2.05) is 0 Å². The van der Waals surface area contributed by atoms with E-state index in [1.54, 1.807) is 0 Å². The summed E-state index contributed by atoms with van der Waals surface area (Å²) in [6.07, 6.45) is -8.17. The Labute approximate surface area is 185 Å². The van der Waals surface area contributed by atoms with Gasteiger partial charge in [0.2, 0.25) is 0 Å². The van der Waals surface area contributed by atoms with E-state index >= 15 is 0 Å². The number of carbonyl (C=O) groups excluding carboxylic acids is 2. The van der Waals surface area contributed by atoms with Gasteiger partial charge in [-0.15, -0.1) is 0 Å². The number of rotatable bonds is 7. The van der Waals surface area contributed by atoms with E-state index < -0.39 is 46.9 Å². The molecule has 0 aromatic heterocycles. The Morgan fingerprint density at radius 2 is 1.52 bits per heavy atom. The Hall–Kier alpha value is -3.62. The minimum atomic E-state index is -4.86. The summed E-state index contributed by atoms with van der Waals surface area (Å²) >= 11 is 0. The molecular formula is C24H17F6NO2.